The number of nitrogens with zero attached hydrogens (tertiary/aromatic N) is 5. The van der Waals surface area contributed by atoms with E-state index in [0.29, 0.717) is 45.9 Å². The number of fused-ring (bicyclic) bond motifs is 1. The molecular formula is C72H101N19O14S2. The third kappa shape index (κ3) is 23.3. The summed E-state index contributed by atoms with van der Waals surface area (Å²) in [6, 6.07) is 7.14. The summed E-state index contributed by atoms with van der Waals surface area (Å²) in [5.74, 6) is -7.77. The van der Waals surface area contributed by atoms with Crippen molar-refractivity contribution in [3.05, 3.63) is 92.8 Å². The molecule has 0 unspecified atom stereocenters. The number of carbonyl (C=O) groups excluding carboxylic acids is 10. The second-order valence-corrected chi connectivity index (χ2v) is 30.8. The van der Waals surface area contributed by atoms with Crippen molar-refractivity contribution in [3.8, 4) is 0 Å². The van der Waals surface area contributed by atoms with Gasteiger partial charge in [-0.05, 0) is 152 Å². The third-order valence-corrected chi connectivity index (χ3v) is 22.3. The van der Waals surface area contributed by atoms with Gasteiger partial charge in [0.15, 0.2) is 17.9 Å². The quantitative estimate of drug-likeness (QED) is 0.0134. The molecule has 10 atom stereocenters. The van der Waals surface area contributed by atoms with Crippen molar-refractivity contribution >= 4 is 116 Å². The molecule has 33 nitrogen and oxygen atoms in total. The van der Waals surface area contributed by atoms with Crippen LogP contribution in [-0.4, -0.2) is 214 Å². The van der Waals surface area contributed by atoms with Gasteiger partial charge in [-0.15, -0.1) is 22.7 Å². The highest BCUT2D eigenvalue weighted by Crippen LogP contribution is 2.61. The Kier molecular flexibility index (Phi) is 29.2. The van der Waals surface area contributed by atoms with Gasteiger partial charge in [0.1, 0.15) is 54.4 Å². The number of aliphatic imine (C=N–C) groups is 3. The second-order valence-electron chi connectivity index (χ2n) is 28.7. The van der Waals surface area contributed by atoms with Crippen LogP contribution in [0.1, 0.15) is 118 Å². The molecule has 35 heteroatoms. The highest BCUT2D eigenvalue weighted by atomic mass is 32.1. The summed E-state index contributed by atoms with van der Waals surface area (Å²) >= 11 is 2.53. The number of aliphatic hydroxyl groups is 2. The highest BCUT2D eigenvalue weighted by Gasteiger charge is 2.52. The molecule has 0 radical (unpaired) electrons. The number of carbonyl (C=O) groups is 11. The summed E-state index contributed by atoms with van der Waals surface area (Å²) in [6.07, 6.45) is 6.21. The van der Waals surface area contributed by atoms with Gasteiger partial charge in [-0.3, -0.25) is 62.9 Å². The van der Waals surface area contributed by atoms with Crippen molar-refractivity contribution in [2.75, 3.05) is 45.9 Å². The van der Waals surface area contributed by atoms with Crippen molar-refractivity contribution in [2.45, 2.75) is 182 Å². The molecule has 6 aliphatic rings. The third-order valence-electron chi connectivity index (χ3n) is 20.5. The zero-order chi connectivity index (χ0) is 76.9. The Labute approximate surface area is 627 Å². The topological polar surface area (TPSA) is 544 Å². The van der Waals surface area contributed by atoms with Gasteiger partial charge in [0, 0.05) is 74.6 Å². The molecule has 2 aromatic carbocycles. The van der Waals surface area contributed by atoms with Gasteiger partial charge in [-0.2, -0.15) is 0 Å². The molecule has 2 aromatic heterocycles. The van der Waals surface area contributed by atoms with E-state index in [1.54, 1.807) is 53.2 Å². The molecule has 4 heterocycles. The summed E-state index contributed by atoms with van der Waals surface area (Å²) < 4.78 is 0. The van der Waals surface area contributed by atoms with E-state index in [2.05, 4.69) is 57.5 Å². The van der Waals surface area contributed by atoms with Crippen LogP contribution >= 0.6 is 22.7 Å². The number of β-amino-alcohol motifs (C(OH)–C–C–N with tert-alkyl or cyclic N) is 1. The summed E-state index contributed by atoms with van der Waals surface area (Å²) in [5.41, 5.74) is 33.8. The first-order chi connectivity index (χ1) is 51.2. The monoisotopic (exact) mass is 1520 g/mol. The lowest BCUT2D eigenvalue weighted by Gasteiger charge is -2.56. The van der Waals surface area contributed by atoms with E-state index in [9.17, 15) is 68.1 Å². The van der Waals surface area contributed by atoms with Crippen LogP contribution in [-0.2, 0) is 72.0 Å². The van der Waals surface area contributed by atoms with Crippen molar-refractivity contribution in [2.24, 2.45) is 72.5 Å². The molecule has 6 fully saturated rings. The number of benzene rings is 2. The summed E-state index contributed by atoms with van der Waals surface area (Å²) in [5, 5.41) is 58.3. The van der Waals surface area contributed by atoms with E-state index in [4.69, 9.17) is 34.4 Å². The Bertz CT molecular complexity index is 3840. The van der Waals surface area contributed by atoms with Crippen LogP contribution in [0.5, 0.6) is 0 Å². The Morgan fingerprint density at radius 1 is 0.533 bits per heavy atom. The normalized spacial score (nSPS) is 21.7. The Balaban J connectivity index is 0.850. The first kappa shape index (κ1) is 81.1. The number of hydrogen-bond acceptors (Lipinski definition) is 18. The van der Waals surface area contributed by atoms with Gasteiger partial charge in [0.25, 0.3) is 0 Å². The molecular weight excluding hydrogens is 1420 g/mol. The maximum atomic E-state index is 14.9. The fourth-order valence-corrected chi connectivity index (χ4v) is 17.5. The molecule has 4 aliphatic carbocycles. The number of thiophene rings is 2. The highest BCUT2D eigenvalue weighted by molar-refractivity contribution is 7.10. The summed E-state index contributed by atoms with van der Waals surface area (Å²) in [7, 11) is 0. The first-order valence-corrected chi connectivity index (χ1v) is 38.2. The molecule has 10 amide bonds. The van der Waals surface area contributed by atoms with Crippen LogP contribution in [0.4, 0.5) is 0 Å². The molecule has 4 bridgehead atoms. The molecule has 23 N–H and O–H groups in total. The van der Waals surface area contributed by atoms with Gasteiger partial charge >= 0.3 is 5.97 Å². The smallest absolute Gasteiger partial charge is 0.326 e. The van der Waals surface area contributed by atoms with Gasteiger partial charge in [-0.1, -0.05) is 54.6 Å². The van der Waals surface area contributed by atoms with Crippen LogP contribution < -0.4 is 76.9 Å². The minimum Gasteiger partial charge on any atom is -0.480 e. The molecule has 107 heavy (non-hydrogen) atoms. The van der Waals surface area contributed by atoms with Crippen LogP contribution in [0, 0.1) is 23.2 Å². The van der Waals surface area contributed by atoms with Gasteiger partial charge in [0.2, 0.25) is 59.1 Å². The number of carboxylic acid groups (broad SMARTS) is 1. The molecule has 4 saturated carbocycles. The number of nitrogens with two attached hydrogens (primary N) is 6. The number of likely N-dealkylation sites (tertiary alicyclic amines) is 2. The molecule has 2 aliphatic heterocycles. The van der Waals surface area contributed by atoms with Crippen molar-refractivity contribution in [1.82, 2.24) is 52.3 Å². The number of aliphatic carboxylic acids is 1. The van der Waals surface area contributed by atoms with Crippen molar-refractivity contribution < 1.29 is 68.1 Å². The Hall–Kier alpha value is -10.00. The number of hydrogen-bond donors (Lipinski definition) is 17. The van der Waals surface area contributed by atoms with Gasteiger partial charge in [-0.25, -0.2) is 4.79 Å². The van der Waals surface area contributed by atoms with Crippen LogP contribution in [0.3, 0.4) is 0 Å². The summed E-state index contributed by atoms with van der Waals surface area (Å²) in [6.45, 7) is -1.65. The average molecular weight is 1520 g/mol. The average Bonchev–Trinajstić information content (AvgIpc) is 1.24. The fourth-order valence-electron chi connectivity index (χ4n) is 16.0. The molecule has 10 rings (SSSR count). The molecule has 0 spiro atoms. The molecule has 4 aromatic rings. The number of guanidine groups is 3. The maximum Gasteiger partial charge on any atom is 0.326 e. The lowest BCUT2D eigenvalue weighted by Crippen LogP contribution is -2.60. The predicted octanol–water partition coefficient (Wildman–Crippen LogP) is -1.70. The number of rotatable bonds is 39. The SMILES string of the molecule is NC(N)=NCCC[C@H](NC(=O)[C@H](Cc1cccs1)NC(=O)[C@@H](Cc1cccc2ccccc12)NC(=O)[C@H](CO)NC(=O)[C@H](Cc1cccs1)NC(=O)CNC(=O)[C@@H]1C[C@@H](O)CN1C(=O)[C@@H]1CCCN1C(=O)[C@H](CCCN=C(N)N)NC(=O)[C@@H](CCCN=C(N)N)NC(=O)CC12CC3CC(CC(C3)C1)C2)C(=O)O. The van der Waals surface area contributed by atoms with E-state index < -0.39 is 133 Å². The number of amides is 10. The zero-order valence-electron chi connectivity index (χ0n) is 59.7. The Morgan fingerprint density at radius 3 is 1.57 bits per heavy atom. The van der Waals surface area contributed by atoms with Gasteiger partial charge in [0.05, 0.1) is 19.3 Å². The van der Waals surface area contributed by atoms with Crippen molar-refractivity contribution in [3.63, 3.8) is 0 Å². The summed E-state index contributed by atoms with van der Waals surface area (Å²) in [4.78, 5) is 172. The number of carboxylic acids is 1. The van der Waals surface area contributed by atoms with E-state index in [1.807, 2.05) is 24.3 Å². The van der Waals surface area contributed by atoms with E-state index >= 15 is 0 Å². The number of nitrogens with one attached hydrogen (secondary N) is 8. The standard InChI is InChI=1S/C72H101N19O14S2/c73-69(74)79-20-4-16-49(83-58(94)36-72-33-40-26-41(34-72)28-42(27-40)35-72)60(96)85-50(17-5-21-80-70(75)76)66(102)90-23-7-19-56(90)67(103)91-38-45(93)30-57(91)65(101)82-37-59(95)84-53(31-46-13-8-24-106-46)62(98)89-55(39-92)64(100)87-52(29-44-12-3-11-43-10-1-2-15-48(43)44)61(97)88-54(32-47-14-9-25-107-47)63(99)86-51(68(104)105)18-6-22-81-71(77)78/h1-3,8-15,24-25,40-42,45,49-57,92-93H,4-7,16-23,26-39H2,(H,82,101)(H,83,94)(H,84,95)(H,85,96)(H,86,99)(H,87,100)(H,88,97)(H,89,98)(H,104,105)(H4,73,74,79)(H4,75,76,80)(H4,77,78,81)/t40?,41?,42?,45-,49-,50+,51+,52-,53+,54+,55+,56+,57+,72?/m1/s1. The Morgan fingerprint density at radius 2 is 1.02 bits per heavy atom. The first-order valence-electron chi connectivity index (χ1n) is 36.4. The van der Waals surface area contributed by atoms with Crippen LogP contribution in [0.15, 0.2) is 92.5 Å². The van der Waals surface area contributed by atoms with Crippen LogP contribution in [0.25, 0.3) is 10.8 Å². The van der Waals surface area contributed by atoms with E-state index in [1.165, 1.54) is 46.8 Å². The number of aliphatic hydroxyl groups excluding tert-OH is 2. The minimum atomic E-state index is -1.76. The largest absolute Gasteiger partial charge is 0.480 e. The lowest BCUT2D eigenvalue weighted by atomic mass is 9.49. The second kappa shape index (κ2) is 38.5. The lowest BCUT2D eigenvalue weighted by molar-refractivity contribution is -0.148. The fraction of sp³-hybridized carbons (Fsp3) is 0.556. The molecule has 2 saturated heterocycles. The molecule has 580 valence electrons. The maximum absolute atomic E-state index is 14.9. The predicted molar refractivity (Wildman–Crippen MR) is 401 cm³/mol. The van der Waals surface area contributed by atoms with Crippen LogP contribution in [0.2, 0.25) is 0 Å². The van der Waals surface area contributed by atoms with E-state index in [-0.39, 0.29) is 133 Å². The zero-order valence-corrected chi connectivity index (χ0v) is 61.4. The minimum absolute atomic E-state index is 0.0200. The van der Waals surface area contributed by atoms with Crippen molar-refractivity contribution in [1.29, 1.82) is 0 Å². The van der Waals surface area contributed by atoms with Gasteiger partial charge < -0.3 is 102 Å². The van der Waals surface area contributed by atoms with E-state index in [0.717, 1.165) is 34.9 Å².